The summed E-state index contributed by atoms with van der Waals surface area (Å²) >= 11 is 0. The highest BCUT2D eigenvalue weighted by Gasteiger charge is 2.37. The van der Waals surface area contributed by atoms with Crippen LogP contribution < -0.4 is 15.9 Å². The smallest absolute Gasteiger partial charge is 0.275 e. The summed E-state index contributed by atoms with van der Waals surface area (Å²) in [6, 6.07) is 3.27. The molecule has 0 radical (unpaired) electrons. The number of carbonyl (C=O) groups excluding carboxylic acids is 2. The number of amides is 2. The molecule has 1 aliphatic rings. The summed E-state index contributed by atoms with van der Waals surface area (Å²) in [7, 11) is 1.57. The fraction of sp³-hybridized carbons (Fsp3) is 0.316. The highest BCUT2D eigenvalue weighted by atomic mass is 16.6. The third-order valence-corrected chi connectivity index (χ3v) is 4.33. The van der Waals surface area contributed by atoms with Crippen molar-refractivity contribution in [1.29, 1.82) is 0 Å². The van der Waals surface area contributed by atoms with Gasteiger partial charge in [0.15, 0.2) is 5.96 Å². The molecule has 3 N–H and O–H groups in total. The molecule has 0 saturated heterocycles. The molecule has 0 bridgehead atoms. The first-order chi connectivity index (χ1) is 14.2. The van der Waals surface area contributed by atoms with Crippen LogP contribution in [0.1, 0.15) is 43.4 Å². The summed E-state index contributed by atoms with van der Waals surface area (Å²) < 4.78 is 0. The van der Waals surface area contributed by atoms with E-state index in [9.17, 15) is 9.59 Å². The zero-order chi connectivity index (χ0) is 21.9. The van der Waals surface area contributed by atoms with Crippen LogP contribution in [0, 0.1) is 0 Å². The van der Waals surface area contributed by atoms with Crippen LogP contribution >= 0.6 is 0 Å². The number of hydrogen-bond donors (Lipinski definition) is 2. The lowest BCUT2D eigenvalue weighted by Crippen LogP contribution is -2.47. The molecule has 156 valence electrons. The molecule has 0 spiro atoms. The first-order valence-electron chi connectivity index (χ1n) is 9.08. The molecule has 2 amide bonds. The zero-order valence-corrected chi connectivity index (χ0v) is 17.1. The maximum absolute atomic E-state index is 12.5. The first kappa shape index (κ1) is 20.8. The van der Waals surface area contributed by atoms with Gasteiger partial charge in [-0.1, -0.05) is 5.16 Å². The van der Waals surface area contributed by atoms with E-state index < -0.39 is 11.4 Å². The average Bonchev–Trinajstić information content (AvgIpc) is 2.71. The maximum atomic E-state index is 12.5. The van der Waals surface area contributed by atoms with Gasteiger partial charge in [0.25, 0.3) is 11.8 Å². The number of guanidine groups is 1. The number of hydrogen-bond acceptors (Lipinski definition) is 9. The minimum absolute atomic E-state index is 0.0980. The largest absolute Gasteiger partial charge is 0.369 e. The molecule has 2 aromatic rings. The van der Waals surface area contributed by atoms with Crippen molar-refractivity contribution in [2.24, 2.45) is 15.9 Å². The summed E-state index contributed by atoms with van der Waals surface area (Å²) in [4.78, 5) is 47.8. The molecule has 2 aromatic heterocycles. The second-order valence-electron chi connectivity index (χ2n) is 7.13. The van der Waals surface area contributed by atoms with Gasteiger partial charge in [-0.15, -0.1) is 0 Å². The standard InChI is InChI=1S/C19H22N8O3/c1-11(2)26-30-15-10-22-13(9-23-15)17(29)24-12-5-6-21-14(7-12)19(3)8-16(28)27(4)18(20)25-19/h5-7,9-10H,8H2,1-4H3,(H2,20,25)(H,21,24,29). The number of nitrogens with two attached hydrogens (primary N) is 1. The summed E-state index contributed by atoms with van der Waals surface area (Å²) in [5.74, 6) is -0.338. The predicted molar refractivity (Wildman–Crippen MR) is 110 cm³/mol. The van der Waals surface area contributed by atoms with Crippen LogP contribution in [-0.4, -0.2) is 50.4 Å². The number of oxime groups is 1. The molecule has 1 unspecified atom stereocenters. The molecule has 30 heavy (non-hydrogen) atoms. The molecule has 0 saturated carbocycles. The predicted octanol–water partition coefficient (Wildman–Crippen LogP) is 1.29. The summed E-state index contributed by atoms with van der Waals surface area (Å²) in [6.07, 6.45) is 4.23. The monoisotopic (exact) mass is 410 g/mol. The molecule has 0 aliphatic carbocycles. The Balaban J connectivity index is 1.76. The third kappa shape index (κ3) is 4.57. The fourth-order valence-electron chi connectivity index (χ4n) is 2.67. The topological polar surface area (TPSA) is 148 Å². The van der Waals surface area contributed by atoms with Crippen molar-refractivity contribution < 1.29 is 14.4 Å². The number of aliphatic imine (C=N–C) groups is 1. The van der Waals surface area contributed by atoms with Crippen molar-refractivity contribution in [3.05, 3.63) is 42.1 Å². The number of carbonyl (C=O) groups is 2. The highest BCUT2D eigenvalue weighted by molar-refractivity contribution is 6.02. The number of aromatic nitrogens is 3. The summed E-state index contributed by atoms with van der Waals surface area (Å²) in [5.41, 5.74) is 6.72. The molecule has 1 aliphatic heterocycles. The van der Waals surface area contributed by atoms with Gasteiger partial charge in [-0.05, 0) is 32.9 Å². The minimum Gasteiger partial charge on any atom is -0.369 e. The van der Waals surface area contributed by atoms with Crippen LogP contribution in [0.15, 0.2) is 40.9 Å². The lowest BCUT2D eigenvalue weighted by Gasteiger charge is -2.32. The van der Waals surface area contributed by atoms with Crippen molar-refractivity contribution in [2.75, 3.05) is 12.4 Å². The van der Waals surface area contributed by atoms with Crippen molar-refractivity contribution in [3.63, 3.8) is 0 Å². The highest BCUT2D eigenvalue weighted by Crippen LogP contribution is 2.32. The van der Waals surface area contributed by atoms with Gasteiger partial charge in [-0.25, -0.2) is 15.0 Å². The van der Waals surface area contributed by atoms with Crippen molar-refractivity contribution in [3.8, 4) is 5.88 Å². The Morgan fingerprint density at radius 1 is 1.30 bits per heavy atom. The van der Waals surface area contributed by atoms with E-state index in [2.05, 4.69) is 30.4 Å². The van der Waals surface area contributed by atoms with Crippen molar-refractivity contribution in [2.45, 2.75) is 32.7 Å². The summed E-state index contributed by atoms with van der Waals surface area (Å²) in [5, 5.41) is 6.50. The van der Waals surface area contributed by atoms with Crippen molar-refractivity contribution in [1.82, 2.24) is 19.9 Å². The Labute approximate surface area is 173 Å². The Morgan fingerprint density at radius 3 is 2.70 bits per heavy atom. The van der Waals surface area contributed by atoms with E-state index in [0.717, 1.165) is 5.71 Å². The molecule has 0 aromatic carbocycles. The van der Waals surface area contributed by atoms with Gasteiger partial charge in [0, 0.05) is 18.9 Å². The van der Waals surface area contributed by atoms with Gasteiger partial charge < -0.3 is 15.9 Å². The quantitative estimate of drug-likeness (QED) is 0.557. The molecule has 3 rings (SSSR count). The van der Waals surface area contributed by atoms with Crippen LogP contribution in [-0.2, 0) is 10.3 Å². The Bertz CT molecular complexity index is 1030. The first-order valence-corrected chi connectivity index (χ1v) is 9.08. The van der Waals surface area contributed by atoms with E-state index in [4.69, 9.17) is 10.6 Å². The number of rotatable bonds is 5. The normalized spacial score (nSPS) is 18.5. The molecule has 0 fully saturated rings. The van der Waals surface area contributed by atoms with E-state index in [1.54, 1.807) is 40.0 Å². The minimum atomic E-state index is -0.925. The average molecular weight is 410 g/mol. The lowest BCUT2D eigenvalue weighted by atomic mass is 9.91. The van der Waals surface area contributed by atoms with Crippen LogP contribution in [0.3, 0.4) is 0 Å². The van der Waals surface area contributed by atoms with Gasteiger partial charge in [0.1, 0.15) is 11.2 Å². The Kier molecular flexibility index (Phi) is 5.72. The van der Waals surface area contributed by atoms with E-state index in [1.807, 2.05) is 0 Å². The number of nitrogens with one attached hydrogen (secondary N) is 1. The number of anilines is 1. The van der Waals surface area contributed by atoms with E-state index in [1.165, 1.54) is 23.5 Å². The SMILES string of the molecule is CC(C)=NOc1cnc(C(=O)Nc2ccnc(C3(C)CC(=O)N(C)C(N)=N3)c2)cn1. The van der Waals surface area contributed by atoms with Gasteiger partial charge in [0.05, 0.1) is 30.2 Å². The molecule has 1 atom stereocenters. The van der Waals surface area contributed by atoms with Gasteiger partial charge in [-0.3, -0.25) is 19.5 Å². The molecule has 3 heterocycles. The van der Waals surface area contributed by atoms with Crippen LogP contribution in [0.2, 0.25) is 0 Å². The third-order valence-electron chi connectivity index (χ3n) is 4.33. The zero-order valence-electron chi connectivity index (χ0n) is 17.1. The van der Waals surface area contributed by atoms with E-state index in [-0.39, 0.29) is 29.9 Å². The van der Waals surface area contributed by atoms with Crippen LogP contribution in [0.25, 0.3) is 0 Å². The van der Waals surface area contributed by atoms with Gasteiger partial charge >= 0.3 is 0 Å². The van der Waals surface area contributed by atoms with E-state index >= 15 is 0 Å². The van der Waals surface area contributed by atoms with Crippen LogP contribution in [0.4, 0.5) is 5.69 Å². The maximum Gasteiger partial charge on any atom is 0.275 e. The van der Waals surface area contributed by atoms with Crippen LogP contribution in [0.5, 0.6) is 5.88 Å². The Hall–Kier alpha value is -3.89. The van der Waals surface area contributed by atoms with E-state index in [0.29, 0.717) is 11.4 Å². The number of pyridine rings is 1. The van der Waals surface area contributed by atoms with Crippen molar-refractivity contribution >= 4 is 29.2 Å². The fourth-order valence-corrected chi connectivity index (χ4v) is 2.67. The molecule has 11 heteroatoms. The second-order valence-corrected chi connectivity index (χ2v) is 7.13. The second kappa shape index (κ2) is 8.23. The van der Waals surface area contributed by atoms with Gasteiger partial charge in [-0.2, -0.15) is 0 Å². The Morgan fingerprint density at radius 2 is 2.07 bits per heavy atom. The number of nitrogens with zero attached hydrogens (tertiary/aromatic N) is 6. The molecule has 11 nitrogen and oxygen atoms in total. The molecular weight excluding hydrogens is 388 g/mol. The van der Waals surface area contributed by atoms with Gasteiger partial charge in [0.2, 0.25) is 5.91 Å². The summed E-state index contributed by atoms with van der Waals surface area (Å²) in [6.45, 7) is 5.32. The lowest BCUT2D eigenvalue weighted by molar-refractivity contribution is -0.128. The molecular formula is C19H22N8O3.